The Hall–Kier alpha value is -4.40. The van der Waals surface area contributed by atoms with E-state index in [1.54, 1.807) is 0 Å². The maximum Gasteiger partial charge on any atom is 0.0541 e. The summed E-state index contributed by atoms with van der Waals surface area (Å²) in [4.78, 5) is 2.57. The molecule has 0 unspecified atom stereocenters. The van der Waals surface area contributed by atoms with E-state index in [-0.39, 0.29) is 0 Å². The number of aryl methyl sites for hydroxylation is 1. The van der Waals surface area contributed by atoms with Crippen molar-refractivity contribution in [1.82, 2.24) is 9.47 Å². The predicted octanol–water partition coefficient (Wildman–Crippen LogP) is 9.42. The van der Waals surface area contributed by atoms with E-state index in [1.807, 2.05) is 0 Å². The first-order chi connectivity index (χ1) is 19.2. The molecule has 0 aliphatic carbocycles. The van der Waals surface area contributed by atoms with Gasteiger partial charge in [-0.25, -0.2) is 0 Å². The molecule has 0 N–H and O–H groups in total. The minimum absolute atomic E-state index is 0.911. The highest BCUT2D eigenvalue weighted by Crippen LogP contribution is 2.35. The monoisotopic (exact) mass is 504 g/mol. The van der Waals surface area contributed by atoms with Crippen molar-refractivity contribution in [3.8, 4) is 5.69 Å². The van der Waals surface area contributed by atoms with Gasteiger partial charge in [-0.2, -0.15) is 0 Å². The molecule has 1 aromatic heterocycles. The fourth-order valence-corrected chi connectivity index (χ4v) is 6.34. The van der Waals surface area contributed by atoms with Crippen LogP contribution in [-0.2, 0) is 13.1 Å². The van der Waals surface area contributed by atoms with Crippen molar-refractivity contribution in [3.05, 3.63) is 138 Å². The summed E-state index contributed by atoms with van der Waals surface area (Å²) in [7, 11) is 0. The second kappa shape index (κ2) is 9.72. The summed E-state index contributed by atoms with van der Waals surface area (Å²) in [6, 6.07) is 44.3. The molecule has 0 saturated carbocycles. The van der Waals surface area contributed by atoms with E-state index < -0.39 is 0 Å². The lowest BCUT2D eigenvalue weighted by atomic mass is 9.92. The van der Waals surface area contributed by atoms with Gasteiger partial charge in [0.05, 0.1) is 11.0 Å². The number of para-hydroxylation sites is 2. The predicted molar refractivity (Wildman–Crippen MR) is 167 cm³/mol. The zero-order valence-electron chi connectivity index (χ0n) is 22.6. The van der Waals surface area contributed by atoms with E-state index in [4.69, 9.17) is 0 Å². The topological polar surface area (TPSA) is 8.17 Å². The third-order valence-electron chi connectivity index (χ3n) is 8.30. The lowest BCUT2D eigenvalue weighted by molar-refractivity contribution is 0.273. The summed E-state index contributed by atoms with van der Waals surface area (Å²) >= 11 is 0. The third-order valence-corrected chi connectivity index (χ3v) is 8.30. The Bertz CT molecular complexity index is 1910. The van der Waals surface area contributed by atoms with Crippen LogP contribution in [0.4, 0.5) is 0 Å². The first-order valence-electron chi connectivity index (χ1n) is 13.9. The van der Waals surface area contributed by atoms with Crippen molar-refractivity contribution in [2.24, 2.45) is 0 Å². The molecule has 1 heterocycles. The summed E-state index contributed by atoms with van der Waals surface area (Å²) in [6.45, 7) is 7.35. The van der Waals surface area contributed by atoms with Crippen LogP contribution in [0.1, 0.15) is 23.6 Å². The van der Waals surface area contributed by atoms with Gasteiger partial charge in [0.15, 0.2) is 0 Å². The quantitative estimate of drug-likeness (QED) is 0.205. The summed E-state index contributed by atoms with van der Waals surface area (Å²) in [5.41, 5.74) is 7.85. The summed E-state index contributed by atoms with van der Waals surface area (Å²) in [5.74, 6) is 0. The molecule has 0 fully saturated rings. The molecule has 39 heavy (non-hydrogen) atoms. The normalized spacial score (nSPS) is 11.9. The molecule has 0 spiro atoms. The molecule has 0 aliphatic rings. The molecule has 6 aromatic carbocycles. The Labute approximate surface area is 229 Å². The first-order valence-corrected chi connectivity index (χ1v) is 13.9. The van der Waals surface area contributed by atoms with Gasteiger partial charge in [0, 0.05) is 29.5 Å². The molecule has 0 bridgehead atoms. The number of hydrogen-bond donors (Lipinski definition) is 0. The van der Waals surface area contributed by atoms with Gasteiger partial charge in [-0.3, -0.25) is 4.90 Å². The smallest absolute Gasteiger partial charge is 0.0541 e. The number of benzene rings is 6. The summed E-state index contributed by atoms with van der Waals surface area (Å²) in [6.07, 6.45) is 0. The SMILES string of the molecule is CCN(Cc1ccc2c(c1)c1ccccc1n2-c1ccccc1)Cc1c2ccccc2c(C)c2ccccc12. The molecule has 2 nitrogen and oxygen atoms in total. The highest BCUT2D eigenvalue weighted by atomic mass is 15.1. The zero-order chi connectivity index (χ0) is 26.3. The van der Waals surface area contributed by atoms with Gasteiger partial charge in [-0.15, -0.1) is 0 Å². The van der Waals surface area contributed by atoms with Gasteiger partial charge >= 0.3 is 0 Å². The molecule has 0 aliphatic heterocycles. The Morgan fingerprint density at radius 2 is 1.10 bits per heavy atom. The van der Waals surface area contributed by atoms with E-state index in [2.05, 4.69) is 145 Å². The summed E-state index contributed by atoms with van der Waals surface area (Å²) < 4.78 is 2.39. The van der Waals surface area contributed by atoms with Gasteiger partial charge in [0.1, 0.15) is 0 Å². The Balaban J connectivity index is 1.30. The number of rotatable bonds is 6. The van der Waals surface area contributed by atoms with E-state index in [0.717, 1.165) is 19.6 Å². The van der Waals surface area contributed by atoms with Crippen LogP contribution in [0, 0.1) is 6.92 Å². The van der Waals surface area contributed by atoms with Crippen LogP contribution in [0.5, 0.6) is 0 Å². The van der Waals surface area contributed by atoms with Gasteiger partial charge in [-0.1, -0.05) is 97.9 Å². The molecule has 2 heteroatoms. The largest absolute Gasteiger partial charge is 0.309 e. The van der Waals surface area contributed by atoms with E-state index in [0.29, 0.717) is 0 Å². The van der Waals surface area contributed by atoms with Crippen molar-refractivity contribution in [2.75, 3.05) is 6.54 Å². The van der Waals surface area contributed by atoms with Crippen LogP contribution < -0.4 is 0 Å². The molecular formula is C37H32N2. The highest BCUT2D eigenvalue weighted by Gasteiger charge is 2.16. The Kier molecular flexibility index (Phi) is 5.91. The third kappa shape index (κ3) is 4.00. The molecule has 0 amide bonds. The maximum absolute atomic E-state index is 2.57. The standard InChI is InChI=1S/C37H32N2/c1-3-38(25-35-31-17-9-7-15-29(31)26(2)30-16-8-10-18-32(30)35)24-27-21-22-37-34(23-27)33-19-11-12-20-36(33)39(37)28-13-5-4-6-14-28/h4-23H,3,24-25H2,1-2H3. The lowest BCUT2D eigenvalue weighted by Gasteiger charge is -2.24. The highest BCUT2D eigenvalue weighted by molar-refractivity contribution is 6.09. The van der Waals surface area contributed by atoms with Gasteiger partial charge in [0.2, 0.25) is 0 Å². The summed E-state index contributed by atoms with van der Waals surface area (Å²) in [5, 5.41) is 8.07. The lowest BCUT2D eigenvalue weighted by Crippen LogP contribution is -2.22. The van der Waals surface area contributed by atoms with Crippen molar-refractivity contribution in [1.29, 1.82) is 0 Å². The average Bonchev–Trinajstić information content (AvgIpc) is 3.33. The van der Waals surface area contributed by atoms with E-state index >= 15 is 0 Å². The molecular weight excluding hydrogens is 472 g/mol. The van der Waals surface area contributed by atoms with Gasteiger partial charge in [-0.05, 0) is 82.0 Å². The van der Waals surface area contributed by atoms with Crippen LogP contribution in [0.3, 0.4) is 0 Å². The molecule has 7 rings (SSSR count). The van der Waals surface area contributed by atoms with E-state index in [1.165, 1.54) is 65.7 Å². The van der Waals surface area contributed by atoms with Crippen LogP contribution >= 0.6 is 0 Å². The van der Waals surface area contributed by atoms with Crippen molar-refractivity contribution in [3.63, 3.8) is 0 Å². The van der Waals surface area contributed by atoms with Crippen LogP contribution in [0.15, 0.2) is 121 Å². The van der Waals surface area contributed by atoms with Crippen molar-refractivity contribution >= 4 is 43.4 Å². The zero-order valence-corrected chi connectivity index (χ0v) is 22.6. The molecule has 190 valence electrons. The molecule has 0 radical (unpaired) electrons. The second-order valence-electron chi connectivity index (χ2n) is 10.5. The molecule has 0 atom stereocenters. The van der Waals surface area contributed by atoms with Gasteiger partial charge in [0.25, 0.3) is 0 Å². The van der Waals surface area contributed by atoms with Crippen molar-refractivity contribution in [2.45, 2.75) is 26.9 Å². The first kappa shape index (κ1) is 23.7. The fourth-order valence-electron chi connectivity index (χ4n) is 6.34. The van der Waals surface area contributed by atoms with Gasteiger partial charge < -0.3 is 4.57 Å². The Morgan fingerprint density at radius 1 is 0.538 bits per heavy atom. The molecule has 0 saturated heterocycles. The maximum atomic E-state index is 2.57. The number of hydrogen-bond acceptors (Lipinski definition) is 1. The minimum Gasteiger partial charge on any atom is -0.309 e. The van der Waals surface area contributed by atoms with Crippen LogP contribution in [-0.4, -0.2) is 16.0 Å². The fraction of sp³-hybridized carbons (Fsp3) is 0.135. The van der Waals surface area contributed by atoms with Crippen LogP contribution in [0.25, 0.3) is 49.0 Å². The van der Waals surface area contributed by atoms with Crippen LogP contribution in [0.2, 0.25) is 0 Å². The minimum atomic E-state index is 0.911. The molecule has 7 aromatic rings. The average molecular weight is 505 g/mol. The number of nitrogens with zero attached hydrogens (tertiary/aromatic N) is 2. The second-order valence-corrected chi connectivity index (χ2v) is 10.5. The van der Waals surface area contributed by atoms with Crippen molar-refractivity contribution < 1.29 is 0 Å². The number of fused-ring (bicyclic) bond motifs is 5. The Morgan fingerprint density at radius 3 is 1.77 bits per heavy atom. The van der Waals surface area contributed by atoms with E-state index in [9.17, 15) is 0 Å². The number of aromatic nitrogens is 1.